The minimum atomic E-state index is -3.96. The molecule has 2 aromatic carbocycles. The van der Waals surface area contributed by atoms with Crippen molar-refractivity contribution in [1.82, 2.24) is 15.5 Å². The zero-order valence-electron chi connectivity index (χ0n) is 14.9. The number of amides is 1. The van der Waals surface area contributed by atoms with Crippen molar-refractivity contribution in [2.75, 3.05) is 5.75 Å². The highest BCUT2D eigenvalue weighted by Crippen LogP contribution is 2.21. The van der Waals surface area contributed by atoms with Crippen LogP contribution in [0.3, 0.4) is 0 Å². The van der Waals surface area contributed by atoms with Gasteiger partial charge in [-0.05, 0) is 48.0 Å². The number of nitrogens with one attached hydrogen (secondary N) is 1. The molecule has 3 aromatic rings. The van der Waals surface area contributed by atoms with Gasteiger partial charge in [-0.2, -0.15) is 0 Å². The number of sulfone groups is 1. The van der Waals surface area contributed by atoms with Gasteiger partial charge in [0.2, 0.25) is 15.7 Å². The molecule has 150 valence electrons. The molecule has 0 aliphatic heterocycles. The lowest BCUT2D eigenvalue weighted by Crippen LogP contribution is -2.24. The van der Waals surface area contributed by atoms with Crippen LogP contribution in [0.2, 0.25) is 5.02 Å². The van der Waals surface area contributed by atoms with Crippen molar-refractivity contribution in [3.8, 4) is 0 Å². The zero-order chi connectivity index (χ0) is 20.9. The van der Waals surface area contributed by atoms with E-state index in [1.54, 1.807) is 12.1 Å². The summed E-state index contributed by atoms with van der Waals surface area (Å²) in [6.45, 7) is 0.368. The van der Waals surface area contributed by atoms with E-state index in [4.69, 9.17) is 11.6 Å². The molecule has 1 N–H and O–H groups in total. The number of benzene rings is 2. The first-order valence-electron chi connectivity index (χ1n) is 8.33. The van der Waals surface area contributed by atoms with Crippen LogP contribution in [0.15, 0.2) is 75.6 Å². The van der Waals surface area contributed by atoms with E-state index in [0.29, 0.717) is 16.6 Å². The first kappa shape index (κ1) is 21.2. The molecular formula is C19H15ClFN3O3S2. The Balaban J connectivity index is 1.56. The quantitative estimate of drug-likeness (QED) is 0.553. The van der Waals surface area contributed by atoms with Crippen LogP contribution < -0.4 is 5.32 Å². The standard InChI is InChI=1S/C19H15ClFN3O3S2/c20-14-6-4-13(5-7-14)11-22-17(25)12-28-18-8-9-19(24-23-18)29(26,27)16-3-1-2-15(21)10-16/h1-10H,11-12H2,(H,22,25). The van der Waals surface area contributed by atoms with Gasteiger partial charge in [0, 0.05) is 11.6 Å². The van der Waals surface area contributed by atoms with Crippen molar-refractivity contribution in [3.63, 3.8) is 0 Å². The molecule has 0 aliphatic rings. The molecule has 1 amide bonds. The summed E-state index contributed by atoms with van der Waals surface area (Å²) in [6, 6.07) is 14.5. The fourth-order valence-electron chi connectivity index (χ4n) is 2.28. The summed E-state index contributed by atoms with van der Waals surface area (Å²) in [5.41, 5.74) is 0.916. The smallest absolute Gasteiger partial charge is 0.230 e. The van der Waals surface area contributed by atoms with Gasteiger partial charge in [0.05, 0.1) is 10.6 Å². The van der Waals surface area contributed by atoms with Gasteiger partial charge >= 0.3 is 0 Å². The lowest BCUT2D eigenvalue weighted by atomic mass is 10.2. The Labute approximate surface area is 176 Å². The lowest BCUT2D eigenvalue weighted by molar-refractivity contribution is -0.118. The summed E-state index contributed by atoms with van der Waals surface area (Å²) in [7, 11) is -3.96. The number of hydrogen-bond acceptors (Lipinski definition) is 6. The van der Waals surface area contributed by atoms with E-state index in [-0.39, 0.29) is 21.6 Å². The number of carbonyl (C=O) groups excluding carboxylic acids is 1. The van der Waals surface area contributed by atoms with Crippen molar-refractivity contribution in [2.24, 2.45) is 0 Å². The van der Waals surface area contributed by atoms with Crippen molar-refractivity contribution in [2.45, 2.75) is 21.5 Å². The van der Waals surface area contributed by atoms with Crippen LogP contribution >= 0.6 is 23.4 Å². The number of halogens is 2. The number of carbonyl (C=O) groups is 1. The van der Waals surface area contributed by atoms with Crippen molar-refractivity contribution >= 4 is 39.1 Å². The number of hydrogen-bond donors (Lipinski definition) is 1. The summed E-state index contributed by atoms with van der Waals surface area (Å²) in [5, 5.41) is 11.0. The molecule has 0 unspecified atom stereocenters. The summed E-state index contributed by atoms with van der Waals surface area (Å²) >= 11 is 6.94. The van der Waals surface area contributed by atoms with Crippen LogP contribution in [0.25, 0.3) is 0 Å². The normalized spacial score (nSPS) is 11.2. The van der Waals surface area contributed by atoms with Crippen molar-refractivity contribution in [1.29, 1.82) is 0 Å². The van der Waals surface area contributed by atoms with Gasteiger partial charge < -0.3 is 5.32 Å². The highest BCUT2D eigenvalue weighted by molar-refractivity contribution is 7.99. The van der Waals surface area contributed by atoms with E-state index in [1.165, 1.54) is 24.3 Å². The van der Waals surface area contributed by atoms with E-state index >= 15 is 0 Å². The fraction of sp³-hybridized carbons (Fsp3) is 0.105. The van der Waals surface area contributed by atoms with Crippen molar-refractivity contribution in [3.05, 3.63) is 77.1 Å². The maximum Gasteiger partial charge on any atom is 0.230 e. The summed E-state index contributed by atoms with van der Waals surface area (Å²) in [6.07, 6.45) is 0. The largest absolute Gasteiger partial charge is 0.351 e. The number of nitrogens with zero attached hydrogens (tertiary/aromatic N) is 2. The van der Waals surface area contributed by atoms with Crippen LogP contribution in [-0.4, -0.2) is 30.3 Å². The first-order valence-corrected chi connectivity index (χ1v) is 11.2. The first-order chi connectivity index (χ1) is 13.8. The molecule has 0 bridgehead atoms. The third kappa shape index (κ3) is 5.75. The number of thioether (sulfide) groups is 1. The highest BCUT2D eigenvalue weighted by Gasteiger charge is 2.20. The molecule has 0 atom stereocenters. The summed E-state index contributed by atoms with van der Waals surface area (Å²) in [5.74, 6) is -0.767. The van der Waals surface area contributed by atoms with E-state index in [0.717, 1.165) is 29.5 Å². The van der Waals surface area contributed by atoms with Gasteiger partial charge in [0.15, 0.2) is 5.03 Å². The Kier molecular flexibility index (Phi) is 6.83. The number of aromatic nitrogens is 2. The predicted molar refractivity (Wildman–Crippen MR) is 108 cm³/mol. The summed E-state index contributed by atoms with van der Waals surface area (Å²) in [4.78, 5) is 11.8. The van der Waals surface area contributed by atoms with Crippen molar-refractivity contribution < 1.29 is 17.6 Å². The lowest BCUT2D eigenvalue weighted by Gasteiger charge is -2.06. The Morgan fingerprint density at radius 3 is 2.48 bits per heavy atom. The molecule has 0 radical (unpaired) electrons. The second-order valence-corrected chi connectivity index (χ2v) is 9.19. The van der Waals surface area contributed by atoms with Gasteiger partial charge in [-0.3, -0.25) is 4.79 Å². The SMILES string of the molecule is O=C(CSc1ccc(S(=O)(=O)c2cccc(F)c2)nn1)NCc1ccc(Cl)cc1. The van der Waals surface area contributed by atoms with Crippen LogP contribution in [0.4, 0.5) is 4.39 Å². The number of rotatable bonds is 7. The monoisotopic (exact) mass is 451 g/mol. The molecule has 29 heavy (non-hydrogen) atoms. The van der Waals surface area contributed by atoms with Crippen LogP contribution in [0, 0.1) is 5.82 Å². The van der Waals surface area contributed by atoms with Gasteiger partial charge in [0.25, 0.3) is 0 Å². The third-order valence-corrected chi connectivity index (χ3v) is 6.57. The minimum Gasteiger partial charge on any atom is -0.351 e. The maximum absolute atomic E-state index is 13.3. The van der Waals surface area contributed by atoms with E-state index in [1.807, 2.05) is 12.1 Å². The average Bonchev–Trinajstić information content (AvgIpc) is 2.72. The molecule has 6 nitrogen and oxygen atoms in total. The summed E-state index contributed by atoms with van der Waals surface area (Å²) < 4.78 is 38.2. The topological polar surface area (TPSA) is 89.0 Å². The molecule has 0 saturated carbocycles. The van der Waals surface area contributed by atoms with Gasteiger partial charge in [0.1, 0.15) is 10.8 Å². The minimum absolute atomic E-state index is 0.0955. The Morgan fingerprint density at radius 1 is 1.07 bits per heavy atom. The van der Waals surface area contributed by atoms with Gasteiger partial charge in [-0.25, -0.2) is 12.8 Å². The Hall–Kier alpha value is -2.49. The predicted octanol–water partition coefficient (Wildman–Crippen LogP) is 3.51. The fourth-order valence-corrected chi connectivity index (χ4v) is 4.21. The third-order valence-electron chi connectivity index (χ3n) is 3.75. The molecule has 1 heterocycles. The van der Waals surface area contributed by atoms with Crippen LogP contribution in [0.5, 0.6) is 0 Å². The zero-order valence-corrected chi connectivity index (χ0v) is 17.3. The molecule has 0 spiro atoms. The Morgan fingerprint density at radius 2 is 1.83 bits per heavy atom. The van der Waals surface area contributed by atoms with E-state index < -0.39 is 15.7 Å². The highest BCUT2D eigenvalue weighted by atomic mass is 35.5. The van der Waals surface area contributed by atoms with E-state index in [2.05, 4.69) is 15.5 Å². The van der Waals surface area contributed by atoms with E-state index in [9.17, 15) is 17.6 Å². The molecule has 0 fully saturated rings. The maximum atomic E-state index is 13.3. The average molecular weight is 452 g/mol. The molecular weight excluding hydrogens is 437 g/mol. The van der Waals surface area contributed by atoms with Gasteiger partial charge in [-0.15, -0.1) is 10.2 Å². The van der Waals surface area contributed by atoms with Gasteiger partial charge in [-0.1, -0.05) is 41.6 Å². The molecule has 1 aromatic heterocycles. The van der Waals surface area contributed by atoms with Crippen LogP contribution in [-0.2, 0) is 21.2 Å². The van der Waals surface area contributed by atoms with Crippen LogP contribution in [0.1, 0.15) is 5.56 Å². The molecule has 3 rings (SSSR count). The second kappa shape index (κ2) is 9.34. The molecule has 0 aliphatic carbocycles. The second-order valence-electron chi connectivity index (χ2n) is 5.86. The molecule has 10 heteroatoms. The molecule has 0 saturated heterocycles. The Bertz CT molecular complexity index is 1110.